The number of hydrogen-bond acceptors (Lipinski definition) is 5. The standard InChI is InChI=1S/C18H31N5O/c24-18-6-5-7-19-23(18)17-16-22-14-12-21(13-15-22)11-10-20-8-3-1-2-4-9-20/h5-7H,1-4,8-17H2. The molecule has 2 saturated heterocycles. The predicted octanol–water partition coefficient (Wildman–Crippen LogP) is 0.737. The van der Waals surface area contributed by atoms with Crippen molar-refractivity contribution in [2.45, 2.75) is 32.2 Å². The van der Waals surface area contributed by atoms with E-state index in [9.17, 15) is 4.79 Å². The summed E-state index contributed by atoms with van der Waals surface area (Å²) in [5, 5.41) is 4.13. The summed E-state index contributed by atoms with van der Waals surface area (Å²) in [5.41, 5.74) is -0.00594. The van der Waals surface area contributed by atoms with E-state index in [2.05, 4.69) is 19.8 Å². The van der Waals surface area contributed by atoms with Crippen LogP contribution in [0.5, 0.6) is 0 Å². The molecule has 3 heterocycles. The number of rotatable bonds is 6. The molecule has 0 saturated carbocycles. The van der Waals surface area contributed by atoms with Crippen molar-refractivity contribution in [2.24, 2.45) is 0 Å². The summed E-state index contributed by atoms with van der Waals surface area (Å²) in [5.74, 6) is 0. The molecule has 2 aliphatic heterocycles. The van der Waals surface area contributed by atoms with Crippen LogP contribution in [0, 0.1) is 0 Å². The van der Waals surface area contributed by atoms with Crippen molar-refractivity contribution in [3.8, 4) is 0 Å². The molecule has 0 N–H and O–H groups in total. The third kappa shape index (κ3) is 5.40. The molecule has 24 heavy (non-hydrogen) atoms. The van der Waals surface area contributed by atoms with E-state index in [4.69, 9.17) is 0 Å². The first kappa shape index (κ1) is 17.6. The third-order valence-corrected chi connectivity index (χ3v) is 5.31. The summed E-state index contributed by atoms with van der Waals surface area (Å²) in [6, 6.07) is 3.27. The van der Waals surface area contributed by atoms with Gasteiger partial charge in [-0.2, -0.15) is 5.10 Å². The number of nitrogens with zero attached hydrogens (tertiary/aromatic N) is 5. The average molecular weight is 333 g/mol. The molecule has 1 aromatic rings. The lowest BCUT2D eigenvalue weighted by Crippen LogP contribution is -2.49. The van der Waals surface area contributed by atoms with Crippen LogP contribution < -0.4 is 5.56 Å². The number of hydrogen-bond donors (Lipinski definition) is 0. The molecule has 6 heteroatoms. The Labute approximate surface area is 145 Å². The Morgan fingerprint density at radius 1 is 0.750 bits per heavy atom. The van der Waals surface area contributed by atoms with Gasteiger partial charge in [0.25, 0.3) is 5.56 Å². The summed E-state index contributed by atoms with van der Waals surface area (Å²) in [7, 11) is 0. The van der Waals surface area contributed by atoms with Crippen molar-refractivity contribution in [1.29, 1.82) is 0 Å². The van der Waals surface area contributed by atoms with E-state index in [0.29, 0.717) is 6.54 Å². The van der Waals surface area contributed by atoms with Crippen LogP contribution in [0.15, 0.2) is 23.1 Å². The molecule has 0 spiro atoms. The number of aromatic nitrogens is 2. The van der Waals surface area contributed by atoms with Gasteiger partial charge in [-0.15, -0.1) is 0 Å². The molecular weight excluding hydrogens is 302 g/mol. The highest BCUT2D eigenvalue weighted by atomic mass is 16.1. The molecule has 2 aliphatic rings. The first-order chi connectivity index (χ1) is 11.8. The van der Waals surface area contributed by atoms with Gasteiger partial charge in [-0.05, 0) is 32.0 Å². The van der Waals surface area contributed by atoms with Crippen LogP contribution in [0.2, 0.25) is 0 Å². The molecule has 1 aromatic heterocycles. The second kappa shape index (κ2) is 9.30. The van der Waals surface area contributed by atoms with Gasteiger partial charge in [0.2, 0.25) is 0 Å². The topological polar surface area (TPSA) is 44.6 Å². The first-order valence-electron chi connectivity index (χ1n) is 9.50. The van der Waals surface area contributed by atoms with Gasteiger partial charge in [0.1, 0.15) is 0 Å². The molecular formula is C18H31N5O. The second-order valence-electron chi connectivity index (χ2n) is 7.02. The Balaban J connectivity index is 1.33. The fourth-order valence-corrected chi connectivity index (χ4v) is 3.67. The molecule has 6 nitrogen and oxygen atoms in total. The van der Waals surface area contributed by atoms with Crippen LogP contribution in [0.4, 0.5) is 0 Å². The van der Waals surface area contributed by atoms with Gasteiger partial charge >= 0.3 is 0 Å². The molecule has 134 valence electrons. The minimum atomic E-state index is -0.00594. The van der Waals surface area contributed by atoms with Crippen molar-refractivity contribution < 1.29 is 0 Å². The fourth-order valence-electron chi connectivity index (χ4n) is 3.67. The van der Waals surface area contributed by atoms with Crippen molar-refractivity contribution in [3.05, 3.63) is 28.7 Å². The smallest absolute Gasteiger partial charge is 0.266 e. The van der Waals surface area contributed by atoms with Crippen molar-refractivity contribution in [3.63, 3.8) is 0 Å². The Morgan fingerprint density at radius 2 is 1.29 bits per heavy atom. The Bertz CT molecular complexity index is 530. The Kier molecular flexibility index (Phi) is 6.81. The zero-order valence-electron chi connectivity index (χ0n) is 14.8. The van der Waals surface area contributed by atoms with Gasteiger partial charge in [-0.25, -0.2) is 4.68 Å². The SMILES string of the molecule is O=c1cccnn1CCN1CCN(CCN2CCCCCC2)CC1. The van der Waals surface area contributed by atoms with Gasteiger partial charge in [0, 0.05) is 58.1 Å². The van der Waals surface area contributed by atoms with Crippen LogP contribution in [0.1, 0.15) is 25.7 Å². The van der Waals surface area contributed by atoms with Crippen molar-refractivity contribution >= 4 is 0 Å². The highest BCUT2D eigenvalue weighted by Gasteiger charge is 2.18. The lowest BCUT2D eigenvalue weighted by Gasteiger charge is -2.35. The lowest BCUT2D eigenvalue weighted by atomic mass is 10.2. The number of piperazine rings is 1. The molecule has 3 rings (SSSR count). The maximum absolute atomic E-state index is 11.7. The minimum Gasteiger partial charge on any atom is -0.302 e. The van der Waals surface area contributed by atoms with Gasteiger partial charge < -0.3 is 4.90 Å². The van der Waals surface area contributed by atoms with E-state index >= 15 is 0 Å². The van der Waals surface area contributed by atoms with E-state index in [1.807, 2.05) is 0 Å². The molecule has 0 amide bonds. The summed E-state index contributed by atoms with van der Waals surface area (Å²) < 4.78 is 1.56. The maximum Gasteiger partial charge on any atom is 0.266 e. The van der Waals surface area contributed by atoms with E-state index < -0.39 is 0 Å². The fraction of sp³-hybridized carbons (Fsp3) is 0.778. The molecule has 0 aliphatic carbocycles. The zero-order valence-corrected chi connectivity index (χ0v) is 14.8. The Hall–Kier alpha value is -1.24. The largest absolute Gasteiger partial charge is 0.302 e. The quantitative estimate of drug-likeness (QED) is 0.768. The van der Waals surface area contributed by atoms with Gasteiger partial charge in [0.15, 0.2) is 0 Å². The van der Waals surface area contributed by atoms with Crippen LogP contribution in [0.3, 0.4) is 0 Å². The number of likely N-dealkylation sites (tertiary alicyclic amines) is 1. The van der Waals surface area contributed by atoms with Crippen LogP contribution in [-0.4, -0.2) is 83.4 Å². The summed E-state index contributed by atoms with van der Waals surface area (Å²) in [6.45, 7) is 11.1. The van der Waals surface area contributed by atoms with Crippen molar-refractivity contribution in [1.82, 2.24) is 24.5 Å². The molecule has 0 unspecified atom stereocenters. The summed E-state index contributed by atoms with van der Waals surface area (Å²) in [6.07, 6.45) is 7.26. The van der Waals surface area contributed by atoms with E-state index in [1.165, 1.54) is 51.9 Å². The van der Waals surface area contributed by atoms with Crippen molar-refractivity contribution in [2.75, 3.05) is 58.9 Å². The summed E-state index contributed by atoms with van der Waals surface area (Å²) in [4.78, 5) is 19.4. The van der Waals surface area contributed by atoms with E-state index in [-0.39, 0.29) is 5.56 Å². The molecule has 2 fully saturated rings. The molecule has 0 aromatic carbocycles. The first-order valence-corrected chi connectivity index (χ1v) is 9.50. The normalized spacial score (nSPS) is 21.7. The predicted molar refractivity (Wildman–Crippen MR) is 96.3 cm³/mol. The zero-order chi connectivity index (χ0) is 16.6. The highest BCUT2D eigenvalue weighted by Crippen LogP contribution is 2.10. The summed E-state index contributed by atoms with van der Waals surface area (Å²) >= 11 is 0. The van der Waals surface area contributed by atoms with E-state index in [1.54, 1.807) is 23.0 Å². The minimum absolute atomic E-state index is 0.00594. The monoisotopic (exact) mass is 333 g/mol. The van der Waals surface area contributed by atoms with Crippen LogP contribution in [-0.2, 0) is 6.54 Å². The van der Waals surface area contributed by atoms with Gasteiger partial charge in [-0.3, -0.25) is 14.6 Å². The third-order valence-electron chi connectivity index (χ3n) is 5.31. The van der Waals surface area contributed by atoms with Gasteiger partial charge in [-0.1, -0.05) is 12.8 Å². The van der Waals surface area contributed by atoms with Gasteiger partial charge in [0.05, 0.1) is 6.54 Å². The Morgan fingerprint density at radius 3 is 1.88 bits per heavy atom. The van der Waals surface area contributed by atoms with Crippen LogP contribution in [0.25, 0.3) is 0 Å². The second-order valence-corrected chi connectivity index (χ2v) is 7.02. The average Bonchev–Trinajstić information content (AvgIpc) is 2.89. The maximum atomic E-state index is 11.7. The van der Waals surface area contributed by atoms with Crippen LogP contribution >= 0.6 is 0 Å². The molecule has 0 bridgehead atoms. The molecule has 0 radical (unpaired) electrons. The van der Waals surface area contributed by atoms with E-state index in [0.717, 1.165) is 32.7 Å². The lowest BCUT2D eigenvalue weighted by molar-refractivity contribution is 0.115. The molecule has 0 atom stereocenters. The highest BCUT2D eigenvalue weighted by molar-refractivity contribution is 4.85.